The van der Waals surface area contributed by atoms with Crippen molar-refractivity contribution < 1.29 is 0 Å². The first kappa shape index (κ1) is 9.99. The lowest BCUT2D eigenvalue weighted by atomic mass is 10.1. The van der Waals surface area contributed by atoms with E-state index in [-0.39, 0.29) is 0 Å². The third kappa shape index (κ3) is 2.70. The van der Waals surface area contributed by atoms with Gasteiger partial charge in [-0.25, -0.2) is 0 Å². The molecule has 1 aromatic rings. The Balaban J connectivity index is 1.94. The number of rotatable bonds is 3. The van der Waals surface area contributed by atoms with Crippen molar-refractivity contribution in [2.24, 2.45) is 5.73 Å². The van der Waals surface area contributed by atoms with E-state index in [1.807, 2.05) is 6.07 Å². The summed E-state index contributed by atoms with van der Waals surface area (Å²) in [5, 5.41) is 0. The largest absolute Gasteiger partial charge is 0.369 e. The molecule has 1 heterocycles. The zero-order valence-corrected chi connectivity index (χ0v) is 8.76. The Morgan fingerprint density at radius 3 is 2.60 bits per heavy atom. The number of hydrogen-bond acceptors (Lipinski definition) is 2. The average molecular weight is 200 g/mol. The molecule has 2 nitrogen and oxygen atoms in total. The highest BCUT2D eigenvalue weighted by molar-refractivity contribution is 5.24. The Kier molecular flexibility index (Phi) is 3.20. The van der Waals surface area contributed by atoms with E-state index < -0.39 is 0 Å². The first-order chi connectivity index (χ1) is 7.38. The number of hydrogen-bond donors (Lipinski definition) is 1. The molecule has 0 amide bonds. The van der Waals surface area contributed by atoms with Crippen LogP contribution in [0.1, 0.15) is 5.56 Å². The van der Waals surface area contributed by atoms with Crippen LogP contribution in [0.25, 0.3) is 0 Å². The third-order valence-electron chi connectivity index (χ3n) is 2.55. The van der Waals surface area contributed by atoms with Crippen molar-refractivity contribution in [3.63, 3.8) is 0 Å². The van der Waals surface area contributed by atoms with Gasteiger partial charge in [0.1, 0.15) is 0 Å². The zero-order valence-electron chi connectivity index (χ0n) is 8.76. The predicted molar refractivity (Wildman–Crippen MR) is 63.1 cm³/mol. The second kappa shape index (κ2) is 4.80. The molecule has 1 aliphatic rings. The molecule has 0 saturated carbocycles. The Morgan fingerprint density at radius 1 is 1.20 bits per heavy atom. The summed E-state index contributed by atoms with van der Waals surface area (Å²) in [6, 6.07) is 10.5. The topological polar surface area (TPSA) is 29.3 Å². The Bertz CT molecular complexity index is 365. The molecule has 0 saturated heterocycles. The van der Waals surface area contributed by atoms with Gasteiger partial charge < -0.3 is 10.6 Å². The maximum atomic E-state index is 5.56. The van der Waals surface area contributed by atoms with Gasteiger partial charge in [-0.05, 0) is 17.2 Å². The SMILES string of the molecule is NCC1=CCN(Cc2ccccc2)C=C1. The van der Waals surface area contributed by atoms with E-state index in [1.54, 1.807) is 0 Å². The van der Waals surface area contributed by atoms with Crippen LogP contribution in [-0.2, 0) is 6.54 Å². The minimum Gasteiger partial charge on any atom is -0.369 e. The Hall–Kier alpha value is -1.54. The summed E-state index contributed by atoms with van der Waals surface area (Å²) < 4.78 is 0. The van der Waals surface area contributed by atoms with Gasteiger partial charge >= 0.3 is 0 Å². The maximum Gasteiger partial charge on any atom is 0.0427 e. The summed E-state index contributed by atoms with van der Waals surface area (Å²) >= 11 is 0. The summed E-state index contributed by atoms with van der Waals surface area (Å²) in [7, 11) is 0. The molecule has 1 aliphatic heterocycles. The second-order valence-corrected chi connectivity index (χ2v) is 3.71. The fourth-order valence-corrected chi connectivity index (χ4v) is 1.65. The lowest BCUT2D eigenvalue weighted by molar-refractivity contribution is 0.403. The molecular formula is C13H16N2. The van der Waals surface area contributed by atoms with Crippen LogP contribution in [0.4, 0.5) is 0 Å². The fraction of sp³-hybridized carbons (Fsp3) is 0.231. The minimum absolute atomic E-state index is 0.635. The van der Waals surface area contributed by atoms with Crippen molar-refractivity contribution in [2.75, 3.05) is 13.1 Å². The lowest BCUT2D eigenvalue weighted by Crippen LogP contribution is -2.20. The van der Waals surface area contributed by atoms with Gasteiger partial charge in [0.25, 0.3) is 0 Å². The molecule has 2 rings (SSSR count). The fourth-order valence-electron chi connectivity index (χ4n) is 1.65. The first-order valence-electron chi connectivity index (χ1n) is 5.24. The van der Waals surface area contributed by atoms with Crippen molar-refractivity contribution in [2.45, 2.75) is 6.54 Å². The van der Waals surface area contributed by atoms with Crippen LogP contribution < -0.4 is 5.73 Å². The molecule has 0 unspecified atom stereocenters. The van der Waals surface area contributed by atoms with Crippen molar-refractivity contribution >= 4 is 0 Å². The zero-order chi connectivity index (χ0) is 10.5. The molecule has 2 heteroatoms. The summed E-state index contributed by atoms with van der Waals surface area (Å²) in [5.74, 6) is 0. The van der Waals surface area contributed by atoms with Gasteiger partial charge in [0.2, 0.25) is 0 Å². The first-order valence-corrected chi connectivity index (χ1v) is 5.24. The van der Waals surface area contributed by atoms with Crippen LogP contribution in [-0.4, -0.2) is 18.0 Å². The van der Waals surface area contributed by atoms with Gasteiger partial charge in [0.15, 0.2) is 0 Å². The monoisotopic (exact) mass is 200 g/mol. The van der Waals surface area contributed by atoms with Gasteiger partial charge in [0, 0.05) is 25.8 Å². The van der Waals surface area contributed by atoms with E-state index in [4.69, 9.17) is 5.73 Å². The van der Waals surface area contributed by atoms with Crippen molar-refractivity contribution in [3.05, 3.63) is 59.8 Å². The van der Waals surface area contributed by atoms with Gasteiger partial charge in [-0.2, -0.15) is 0 Å². The van der Waals surface area contributed by atoms with Crippen LogP contribution in [0.2, 0.25) is 0 Å². The molecule has 78 valence electrons. The summed E-state index contributed by atoms with van der Waals surface area (Å²) in [4.78, 5) is 2.27. The molecule has 1 aromatic carbocycles. The van der Waals surface area contributed by atoms with Gasteiger partial charge in [-0.3, -0.25) is 0 Å². The van der Waals surface area contributed by atoms with Crippen LogP contribution in [0, 0.1) is 0 Å². The van der Waals surface area contributed by atoms with Crippen molar-refractivity contribution in [1.29, 1.82) is 0 Å². The van der Waals surface area contributed by atoms with E-state index in [9.17, 15) is 0 Å². The van der Waals surface area contributed by atoms with E-state index in [0.717, 1.165) is 13.1 Å². The van der Waals surface area contributed by atoms with Gasteiger partial charge in [-0.1, -0.05) is 36.4 Å². The molecule has 0 radical (unpaired) electrons. The molecule has 0 atom stereocenters. The normalized spacial score (nSPS) is 15.3. The number of nitrogens with two attached hydrogens (primary N) is 1. The highest BCUT2D eigenvalue weighted by Crippen LogP contribution is 2.10. The molecule has 15 heavy (non-hydrogen) atoms. The third-order valence-corrected chi connectivity index (χ3v) is 2.55. The molecule has 0 aromatic heterocycles. The second-order valence-electron chi connectivity index (χ2n) is 3.71. The van der Waals surface area contributed by atoms with Crippen LogP contribution in [0.5, 0.6) is 0 Å². The lowest BCUT2D eigenvalue weighted by Gasteiger charge is -2.22. The highest BCUT2D eigenvalue weighted by Gasteiger charge is 2.03. The standard InChI is InChI=1S/C13H16N2/c14-10-12-6-8-15(9-7-12)11-13-4-2-1-3-5-13/h1-8H,9-11,14H2. The molecule has 0 bridgehead atoms. The Morgan fingerprint density at radius 2 is 2.00 bits per heavy atom. The summed E-state index contributed by atoms with van der Waals surface area (Å²) in [5.41, 5.74) is 8.12. The summed E-state index contributed by atoms with van der Waals surface area (Å²) in [6.07, 6.45) is 6.39. The number of nitrogens with zero attached hydrogens (tertiary/aromatic N) is 1. The highest BCUT2D eigenvalue weighted by atomic mass is 15.1. The molecule has 0 spiro atoms. The molecule has 2 N–H and O–H groups in total. The minimum atomic E-state index is 0.635. The average Bonchev–Trinajstić information content (AvgIpc) is 2.31. The van der Waals surface area contributed by atoms with E-state index in [0.29, 0.717) is 6.54 Å². The van der Waals surface area contributed by atoms with E-state index in [1.165, 1.54) is 11.1 Å². The summed E-state index contributed by atoms with van der Waals surface area (Å²) in [6.45, 7) is 2.55. The Labute approximate surface area is 90.7 Å². The van der Waals surface area contributed by atoms with E-state index >= 15 is 0 Å². The predicted octanol–water partition coefficient (Wildman–Crippen LogP) is 1.90. The smallest absolute Gasteiger partial charge is 0.0427 e. The quantitative estimate of drug-likeness (QED) is 0.807. The maximum absolute atomic E-state index is 5.56. The van der Waals surface area contributed by atoms with Crippen LogP contribution >= 0.6 is 0 Å². The van der Waals surface area contributed by atoms with Crippen molar-refractivity contribution in [3.8, 4) is 0 Å². The van der Waals surface area contributed by atoms with Gasteiger partial charge in [-0.15, -0.1) is 0 Å². The molecular weight excluding hydrogens is 184 g/mol. The van der Waals surface area contributed by atoms with Crippen molar-refractivity contribution in [1.82, 2.24) is 4.90 Å². The van der Waals surface area contributed by atoms with E-state index in [2.05, 4.69) is 47.5 Å². The van der Waals surface area contributed by atoms with Gasteiger partial charge in [0.05, 0.1) is 0 Å². The molecule has 0 aliphatic carbocycles. The van der Waals surface area contributed by atoms with Crippen LogP contribution in [0.3, 0.4) is 0 Å². The molecule has 0 fully saturated rings. The number of benzene rings is 1. The van der Waals surface area contributed by atoms with Crippen LogP contribution in [0.15, 0.2) is 54.3 Å².